The predicted octanol–water partition coefficient (Wildman–Crippen LogP) is 5.04. The number of ether oxygens (including phenoxy) is 1. The van der Waals surface area contributed by atoms with Crippen molar-refractivity contribution in [1.29, 1.82) is 0 Å². The first-order valence-corrected chi connectivity index (χ1v) is 8.01. The van der Waals surface area contributed by atoms with Crippen molar-refractivity contribution in [2.45, 2.75) is 80.6 Å². The Hall–Kier alpha value is -0.570. The van der Waals surface area contributed by atoms with Gasteiger partial charge in [0.15, 0.2) is 0 Å². The predicted molar refractivity (Wildman–Crippen MR) is 89.8 cm³/mol. The normalized spacial score (nSPS) is 7.79. The number of rotatable bonds is 7. The zero-order chi connectivity index (χ0) is 15.9. The van der Waals surface area contributed by atoms with Gasteiger partial charge < -0.3 is 10.1 Å². The van der Waals surface area contributed by atoms with E-state index in [0.29, 0.717) is 13.0 Å². The van der Waals surface area contributed by atoms with Crippen molar-refractivity contribution in [1.82, 2.24) is 5.32 Å². The number of amides is 1. The maximum absolute atomic E-state index is 10.7. The molecule has 122 valence electrons. The van der Waals surface area contributed by atoms with E-state index in [1.165, 1.54) is 19.3 Å². The Labute approximate surface area is 124 Å². The molecule has 0 aliphatic heterocycles. The molecule has 0 rings (SSSR count). The fourth-order valence-electron chi connectivity index (χ4n) is 0.846. The van der Waals surface area contributed by atoms with Crippen LogP contribution in [0, 0.1) is 0 Å². The van der Waals surface area contributed by atoms with Crippen LogP contribution in [0.1, 0.15) is 82.0 Å². The topological polar surface area (TPSA) is 38.3 Å². The summed E-state index contributed by atoms with van der Waals surface area (Å²) in [6, 6.07) is 0. The molecule has 0 spiro atoms. The van der Waals surface area contributed by atoms with Gasteiger partial charge in [-0.15, -0.1) is 0 Å². The highest BCUT2D eigenvalue weighted by molar-refractivity contribution is 5.75. The first-order valence-electron chi connectivity index (χ1n) is 8.01. The lowest BCUT2D eigenvalue weighted by Gasteiger charge is -2.02. The van der Waals surface area contributed by atoms with Crippen molar-refractivity contribution < 1.29 is 11.0 Å². The van der Waals surface area contributed by atoms with Crippen LogP contribution < -0.4 is 5.32 Å². The molecule has 3 heteroatoms. The summed E-state index contributed by atoms with van der Waals surface area (Å²) in [6.07, 6.45) is 5.24. The minimum Gasteiger partial charge on any atom is -0.381 e. The van der Waals surface area contributed by atoms with Crippen molar-refractivity contribution in [2.24, 2.45) is 0 Å². The van der Waals surface area contributed by atoms with E-state index in [0.717, 1.165) is 13.0 Å². The Bertz CT molecular complexity index is 134. The second-order valence-corrected chi connectivity index (χ2v) is 3.45. The highest BCUT2D eigenvalue weighted by Crippen LogP contribution is 1.94. The van der Waals surface area contributed by atoms with Crippen LogP contribution in [-0.4, -0.2) is 26.2 Å². The van der Waals surface area contributed by atoms with Crippen LogP contribution in [0.2, 0.25) is 0 Å². The monoisotopic (exact) mass is 279 g/mol. The summed E-state index contributed by atoms with van der Waals surface area (Å²) in [6.45, 7) is 15.7. The number of hydrogen-bond donors (Lipinski definition) is 1. The summed E-state index contributed by atoms with van der Waals surface area (Å²) >= 11 is 0. The van der Waals surface area contributed by atoms with Gasteiger partial charge in [-0.25, -0.2) is 0 Å². The minimum absolute atomic E-state index is 0. The molecule has 1 N–H and O–H groups in total. The SMILES string of the molecule is CC.CC.CCC.CCCCCOCCC(=O)NC.[HH]. The number of carbonyl (C=O) groups is 1. The molecule has 19 heavy (non-hydrogen) atoms. The van der Waals surface area contributed by atoms with Crippen LogP contribution in [0.25, 0.3) is 0 Å². The van der Waals surface area contributed by atoms with Crippen LogP contribution in [0.4, 0.5) is 0 Å². The third kappa shape index (κ3) is 46.7. The second kappa shape index (κ2) is 36.0. The van der Waals surface area contributed by atoms with Crippen LogP contribution in [0.3, 0.4) is 0 Å². The van der Waals surface area contributed by atoms with Gasteiger partial charge >= 0.3 is 0 Å². The lowest BCUT2D eigenvalue weighted by atomic mass is 10.3. The van der Waals surface area contributed by atoms with Crippen LogP contribution in [0.5, 0.6) is 0 Å². The fourth-order valence-corrected chi connectivity index (χ4v) is 0.846. The van der Waals surface area contributed by atoms with E-state index in [-0.39, 0.29) is 7.33 Å². The van der Waals surface area contributed by atoms with Crippen molar-refractivity contribution in [3.63, 3.8) is 0 Å². The zero-order valence-electron chi connectivity index (χ0n) is 14.8. The average Bonchev–Trinajstić information content (AvgIpc) is 2.47. The molecule has 0 unspecified atom stereocenters. The number of hydrogen-bond acceptors (Lipinski definition) is 2. The van der Waals surface area contributed by atoms with Crippen LogP contribution in [0.15, 0.2) is 0 Å². The molecule has 0 aliphatic carbocycles. The van der Waals surface area contributed by atoms with Gasteiger partial charge in [0.05, 0.1) is 6.61 Å². The molecule has 0 fully saturated rings. The number of nitrogens with one attached hydrogen (secondary N) is 1. The molecule has 0 saturated carbocycles. The summed E-state index contributed by atoms with van der Waals surface area (Å²) in [5.41, 5.74) is 0. The van der Waals surface area contributed by atoms with Gasteiger partial charge in [-0.3, -0.25) is 4.79 Å². The Balaban J connectivity index is -0.0000000802. The lowest BCUT2D eigenvalue weighted by Crippen LogP contribution is -2.19. The van der Waals surface area contributed by atoms with E-state index in [1.54, 1.807) is 7.05 Å². The van der Waals surface area contributed by atoms with E-state index in [9.17, 15) is 4.79 Å². The minimum atomic E-state index is 0. The second-order valence-electron chi connectivity index (χ2n) is 3.45. The van der Waals surface area contributed by atoms with Crippen molar-refractivity contribution >= 4 is 5.91 Å². The highest BCUT2D eigenvalue weighted by Gasteiger charge is 1.96. The summed E-state index contributed by atoms with van der Waals surface area (Å²) < 4.78 is 5.25. The third-order valence-corrected chi connectivity index (χ3v) is 1.64. The molecule has 0 bridgehead atoms. The quantitative estimate of drug-likeness (QED) is 0.663. The van der Waals surface area contributed by atoms with Gasteiger partial charge in [0.2, 0.25) is 5.91 Å². The Morgan fingerprint density at radius 2 is 1.47 bits per heavy atom. The maximum atomic E-state index is 10.7. The van der Waals surface area contributed by atoms with E-state index in [4.69, 9.17) is 4.74 Å². The van der Waals surface area contributed by atoms with Gasteiger partial charge in [-0.1, -0.05) is 67.7 Å². The van der Waals surface area contributed by atoms with Gasteiger partial charge in [0.25, 0.3) is 0 Å². The summed E-state index contributed by atoms with van der Waals surface area (Å²) in [5, 5.41) is 2.55. The van der Waals surface area contributed by atoms with Gasteiger partial charge in [-0.05, 0) is 6.42 Å². The first kappa shape index (κ1) is 26.9. The molecule has 0 radical (unpaired) electrons. The number of unbranched alkanes of at least 4 members (excludes halogenated alkanes) is 2. The summed E-state index contributed by atoms with van der Waals surface area (Å²) in [4.78, 5) is 10.7. The molecule has 0 aromatic heterocycles. The molecule has 0 saturated heterocycles. The van der Waals surface area contributed by atoms with E-state index >= 15 is 0 Å². The molecule has 1 amide bonds. The Morgan fingerprint density at radius 3 is 1.84 bits per heavy atom. The molecule has 0 atom stereocenters. The van der Waals surface area contributed by atoms with Gasteiger partial charge in [0.1, 0.15) is 0 Å². The van der Waals surface area contributed by atoms with Gasteiger partial charge in [-0.2, -0.15) is 0 Å². The van der Waals surface area contributed by atoms with E-state index in [1.807, 2.05) is 27.7 Å². The van der Waals surface area contributed by atoms with Crippen molar-refractivity contribution in [3.05, 3.63) is 0 Å². The standard InChI is InChI=1S/C9H19NO2.C3H8.2C2H6.H2/c1-3-4-5-7-12-8-6-9(11)10-2;1-3-2;2*1-2;/h3-8H2,1-2H3,(H,10,11);3H2,1-2H3;2*1-2H3;1H. The van der Waals surface area contributed by atoms with E-state index in [2.05, 4.69) is 26.1 Å². The summed E-state index contributed by atoms with van der Waals surface area (Å²) in [7, 11) is 1.64. The largest absolute Gasteiger partial charge is 0.381 e. The Morgan fingerprint density at radius 1 is 1.00 bits per heavy atom. The van der Waals surface area contributed by atoms with E-state index < -0.39 is 0 Å². The zero-order valence-corrected chi connectivity index (χ0v) is 14.8. The van der Waals surface area contributed by atoms with Crippen molar-refractivity contribution in [2.75, 3.05) is 20.3 Å². The van der Waals surface area contributed by atoms with Crippen LogP contribution >= 0.6 is 0 Å². The van der Waals surface area contributed by atoms with Gasteiger partial charge in [0, 0.05) is 21.5 Å². The molecule has 3 nitrogen and oxygen atoms in total. The van der Waals surface area contributed by atoms with Crippen molar-refractivity contribution in [3.8, 4) is 0 Å². The average molecular weight is 280 g/mol. The fraction of sp³-hybridized carbons (Fsp3) is 0.938. The lowest BCUT2D eigenvalue weighted by molar-refractivity contribution is -0.121. The number of carbonyl (C=O) groups excluding carboxylic acids is 1. The molecule has 0 aliphatic rings. The highest BCUT2D eigenvalue weighted by atomic mass is 16.5. The molecule has 0 aromatic rings. The molecular weight excluding hydrogens is 238 g/mol. The maximum Gasteiger partial charge on any atom is 0.222 e. The smallest absolute Gasteiger partial charge is 0.222 e. The molecule has 0 aromatic carbocycles. The summed E-state index contributed by atoms with van der Waals surface area (Å²) in [5.74, 6) is 0.0468. The Kier molecular flexibility index (Phi) is 51.0. The van der Waals surface area contributed by atoms with Crippen LogP contribution in [-0.2, 0) is 9.53 Å². The molecular formula is C16H41NO2. The molecule has 0 heterocycles. The first-order chi connectivity index (χ1) is 9.22. The third-order valence-electron chi connectivity index (χ3n) is 1.64.